The molecule has 0 bridgehead atoms. The van der Waals surface area contributed by atoms with E-state index in [1.807, 2.05) is 5.57 Å². The highest BCUT2D eigenvalue weighted by Gasteiger charge is 2.67. The maximum atomic E-state index is 2.79. The van der Waals surface area contributed by atoms with Gasteiger partial charge >= 0.3 is 0 Å². The predicted octanol–water partition coefficient (Wildman–Crippen LogP) is 9.20. The van der Waals surface area contributed by atoms with Crippen LogP contribution in [-0.2, 0) is 0 Å². The van der Waals surface area contributed by atoms with E-state index in [4.69, 9.17) is 0 Å². The lowest BCUT2D eigenvalue weighted by atomic mass is 9.33. The second-order valence-corrected chi connectivity index (χ2v) is 15.1. The molecule has 7 atom stereocenters. The van der Waals surface area contributed by atoms with Gasteiger partial charge in [0.25, 0.3) is 0 Å². The van der Waals surface area contributed by atoms with E-state index < -0.39 is 0 Å². The minimum Gasteiger partial charge on any atom is -0.0788 e. The molecular formula is C30H50. The van der Waals surface area contributed by atoms with Crippen molar-refractivity contribution in [1.29, 1.82) is 0 Å². The third kappa shape index (κ3) is 2.64. The molecule has 0 amide bonds. The Morgan fingerprint density at radius 2 is 1.33 bits per heavy atom. The number of hydrogen-bond donors (Lipinski definition) is 0. The summed E-state index contributed by atoms with van der Waals surface area (Å²) in [5, 5.41) is 0. The van der Waals surface area contributed by atoms with Crippen LogP contribution in [0, 0.1) is 50.2 Å². The maximum absolute atomic E-state index is 2.79. The fourth-order valence-electron chi connectivity index (χ4n) is 10.7. The van der Waals surface area contributed by atoms with E-state index >= 15 is 0 Å². The Hall–Kier alpha value is -0.260. The molecule has 5 rings (SSSR count). The third-order valence-corrected chi connectivity index (χ3v) is 12.7. The van der Waals surface area contributed by atoms with Crippen molar-refractivity contribution in [2.75, 3.05) is 0 Å². The van der Waals surface area contributed by atoms with Gasteiger partial charge in [0, 0.05) is 0 Å². The molecule has 7 unspecified atom stereocenters. The van der Waals surface area contributed by atoms with Gasteiger partial charge in [-0.15, -0.1) is 0 Å². The van der Waals surface area contributed by atoms with Crippen LogP contribution in [-0.4, -0.2) is 0 Å². The maximum Gasteiger partial charge on any atom is -0.0113 e. The van der Waals surface area contributed by atoms with Crippen LogP contribution in [0.3, 0.4) is 0 Å². The molecule has 0 nitrogen and oxygen atoms in total. The highest BCUT2D eigenvalue weighted by atomic mass is 14.7. The summed E-state index contributed by atoms with van der Waals surface area (Å²) in [5.41, 5.74) is 4.96. The average Bonchev–Trinajstić information content (AvgIpc) is 2.63. The van der Waals surface area contributed by atoms with E-state index in [1.54, 1.807) is 0 Å². The zero-order valence-electron chi connectivity index (χ0n) is 21.6. The molecule has 0 spiro atoms. The molecule has 4 fully saturated rings. The second-order valence-electron chi connectivity index (χ2n) is 15.1. The molecule has 0 saturated heterocycles. The van der Waals surface area contributed by atoms with Crippen LogP contribution < -0.4 is 0 Å². The molecule has 0 aliphatic heterocycles. The molecule has 0 N–H and O–H groups in total. The summed E-state index contributed by atoms with van der Waals surface area (Å²) >= 11 is 0. The monoisotopic (exact) mass is 410 g/mol. The Morgan fingerprint density at radius 3 is 2.07 bits per heavy atom. The van der Waals surface area contributed by atoms with Crippen molar-refractivity contribution in [3.63, 3.8) is 0 Å². The SMILES string of the molecule is CC1(C)C=C2C3CCC4C5(C)CCCC(C)(C)C5CCC4(C)C3(C)CCC2(C)CC1. The van der Waals surface area contributed by atoms with Crippen LogP contribution in [0.2, 0.25) is 0 Å². The Balaban J connectivity index is 1.57. The van der Waals surface area contributed by atoms with Crippen LogP contribution >= 0.6 is 0 Å². The summed E-state index contributed by atoms with van der Waals surface area (Å²) in [7, 11) is 0. The topological polar surface area (TPSA) is 0 Å². The zero-order chi connectivity index (χ0) is 21.8. The Labute approximate surface area is 188 Å². The van der Waals surface area contributed by atoms with Gasteiger partial charge in [-0.25, -0.2) is 0 Å². The second kappa shape index (κ2) is 6.20. The first kappa shape index (κ1) is 21.6. The molecule has 0 aromatic rings. The predicted molar refractivity (Wildman–Crippen MR) is 129 cm³/mol. The van der Waals surface area contributed by atoms with Crippen molar-refractivity contribution in [3.8, 4) is 0 Å². The van der Waals surface area contributed by atoms with Crippen LogP contribution in [0.25, 0.3) is 0 Å². The first-order valence-electron chi connectivity index (χ1n) is 13.5. The van der Waals surface area contributed by atoms with Crippen molar-refractivity contribution >= 4 is 0 Å². The van der Waals surface area contributed by atoms with E-state index in [0.717, 1.165) is 17.8 Å². The van der Waals surface area contributed by atoms with Crippen molar-refractivity contribution in [2.24, 2.45) is 50.2 Å². The van der Waals surface area contributed by atoms with E-state index in [9.17, 15) is 0 Å². The van der Waals surface area contributed by atoms with Crippen molar-refractivity contribution in [1.82, 2.24) is 0 Å². The smallest absolute Gasteiger partial charge is 0.0113 e. The molecule has 0 heteroatoms. The molecule has 170 valence electrons. The van der Waals surface area contributed by atoms with Gasteiger partial charge in [0.15, 0.2) is 0 Å². The molecule has 0 radical (unpaired) electrons. The minimum atomic E-state index is 0.405. The average molecular weight is 411 g/mol. The summed E-state index contributed by atoms with van der Waals surface area (Å²) < 4.78 is 0. The van der Waals surface area contributed by atoms with Crippen LogP contribution in [0.5, 0.6) is 0 Å². The van der Waals surface area contributed by atoms with Gasteiger partial charge in [-0.2, -0.15) is 0 Å². The molecule has 5 aliphatic carbocycles. The quantitative estimate of drug-likeness (QED) is 0.349. The Morgan fingerprint density at radius 1 is 0.633 bits per heavy atom. The largest absolute Gasteiger partial charge is 0.0788 e. The molecule has 0 aromatic carbocycles. The fraction of sp³-hybridized carbons (Fsp3) is 0.933. The molecule has 4 saturated carbocycles. The highest BCUT2D eigenvalue weighted by Crippen LogP contribution is 2.76. The van der Waals surface area contributed by atoms with Crippen LogP contribution in [0.1, 0.15) is 126 Å². The molecule has 30 heavy (non-hydrogen) atoms. The normalized spacial score (nSPS) is 54.1. The van der Waals surface area contributed by atoms with Crippen molar-refractivity contribution < 1.29 is 0 Å². The molecule has 0 heterocycles. The molecule has 5 aliphatic rings. The number of hydrogen-bond acceptors (Lipinski definition) is 0. The van der Waals surface area contributed by atoms with E-state index in [1.165, 1.54) is 70.6 Å². The van der Waals surface area contributed by atoms with Gasteiger partial charge < -0.3 is 0 Å². The summed E-state index contributed by atoms with van der Waals surface area (Å²) in [4.78, 5) is 0. The number of fused-ring (bicyclic) bond motifs is 7. The minimum absolute atomic E-state index is 0.405. The molecule has 0 aromatic heterocycles. The van der Waals surface area contributed by atoms with E-state index in [0.29, 0.717) is 32.5 Å². The Kier molecular flexibility index (Phi) is 4.46. The van der Waals surface area contributed by atoms with Crippen molar-refractivity contribution in [3.05, 3.63) is 11.6 Å². The van der Waals surface area contributed by atoms with Gasteiger partial charge in [0.2, 0.25) is 0 Å². The van der Waals surface area contributed by atoms with E-state index in [2.05, 4.69) is 61.5 Å². The van der Waals surface area contributed by atoms with Gasteiger partial charge in [0.1, 0.15) is 0 Å². The molecular weight excluding hydrogens is 360 g/mol. The Bertz CT molecular complexity index is 754. The first-order chi connectivity index (χ1) is 13.8. The number of rotatable bonds is 0. The lowest BCUT2D eigenvalue weighted by Gasteiger charge is -2.72. The highest BCUT2D eigenvalue weighted by molar-refractivity contribution is 5.31. The fourth-order valence-corrected chi connectivity index (χ4v) is 10.7. The summed E-state index contributed by atoms with van der Waals surface area (Å²) in [6.07, 6.45) is 18.9. The van der Waals surface area contributed by atoms with Gasteiger partial charge in [-0.05, 0) is 114 Å². The van der Waals surface area contributed by atoms with Crippen LogP contribution in [0.15, 0.2) is 11.6 Å². The van der Waals surface area contributed by atoms with Gasteiger partial charge in [-0.3, -0.25) is 0 Å². The third-order valence-electron chi connectivity index (χ3n) is 12.7. The lowest BCUT2D eigenvalue weighted by Crippen LogP contribution is -2.64. The van der Waals surface area contributed by atoms with Gasteiger partial charge in [-0.1, -0.05) is 73.5 Å². The zero-order valence-corrected chi connectivity index (χ0v) is 21.6. The summed E-state index contributed by atoms with van der Waals surface area (Å²) in [6.45, 7) is 21.1. The number of allylic oxidation sites excluding steroid dienone is 2. The standard InChI is InChI=1S/C30H50/c1-25(2)16-17-27(5)18-19-29(7)21(22(27)20-25)10-11-24-28(6)14-9-13-26(3,4)23(28)12-15-30(24,29)8/h20-21,23-24H,9-19H2,1-8H3. The lowest BCUT2D eigenvalue weighted by molar-refractivity contribution is -0.212. The summed E-state index contributed by atoms with van der Waals surface area (Å²) in [6, 6.07) is 0. The van der Waals surface area contributed by atoms with Gasteiger partial charge in [0.05, 0.1) is 0 Å². The van der Waals surface area contributed by atoms with Crippen LogP contribution in [0.4, 0.5) is 0 Å². The van der Waals surface area contributed by atoms with E-state index in [-0.39, 0.29) is 0 Å². The summed E-state index contributed by atoms with van der Waals surface area (Å²) in [5.74, 6) is 2.72. The first-order valence-corrected chi connectivity index (χ1v) is 13.5. The van der Waals surface area contributed by atoms with Crippen molar-refractivity contribution in [2.45, 2.75) is 126 Å².